The molecule has 0 radical (unpaired) electrons. The average molecular weight is 438 g/mol. The fourth-order valence-corrected chi connectivity index (χ4v) is 4.29. The summed E-state index contributed by atoms with van der Waals surface area (Å²) < 4.78 is 0. The molecular weight excluding hydrogens is 402 g/mol. The van der Waals surface area contributed by atoms with E-state index in [2.05, 4.69) is 52.7 Å². The third-order valence-electron chi connectivity index (χ3n) is 5.28. The van der Waals surface area contributed by atoms with Crippen molar-refractivity contribution in [2.45, 2.75) is 63.7 Å². The van der Waals surface area contributed by atoms with E-state index < -0.39 is 0 Å². The van der Waals surface area contributed by atoms with Gasteiger partial charge in [-0.2, -0.15) is 0 Å². The summed E-state index contributed by atoms with van der Waals surface area (Å²) in [5, 5.41) is 9.81. The van der Waals surface area contributed by atoms with Crippen molar-refractivity contribution in [3.63, 3.8) is 0 Å². The third kappa shape index (κ3) is 7.53. The summed E-state index contributed by atoms with van der Waals surface area (Å²) in [7, 11) is 1.81. The highest BCUT2D eigenvalue weighted by atomic mass is 79.9. The van der Waals surface area contributed by atoms with Crippen LogP contribution in [0.3, 0.4) is 0 Å². The highest BCUT2D eigenvalue weighted by Gasteiger charge is 2.26. The Kier molecular flexibility index (Phi) is 9.24. The van der Waals surface area contributed by atoms with Crippen LogP contribution in [0.1, 0.15) is 52.9 Å². The zero-order chi connectivity index (χ0) is 19.8. The molecule has 3 atom stereocenters. The van der Waals surface area contributed by atoms with Crippen molar-refractivity contribution in [1.82, 2.24) is 4.90 Å². The molecular formula is C22H36BrN3O. The predicted octanol–water partition coefficient (Wildman–Crippen LogP) is 5.20. The van der Waals surface area contributed by atoms with Crippen molar-refractivity contribution >= 4 is 27.9 Å². The molecule has 4 nitrogen and oxygen atoms in total. The number of allylic oxidation sites excluding steroid dienone is 2. The molecule has 5 heteroatoms. The summed E-state index contributed by atoms with van der Waals surface area (Å²) >= 11 is 3.70. The van der Waals surface area contributed by atoms with Crippen LogP contribution in [0.25, 0.3) is 0 Å². The Morgan fingerprint density at radius 2 is 2.19 bits per heavy atom. The van der Waals surface area contributed by atoms with Crippen LogP contribution in [0.4, 0.5) is 0 Å². The summed E-state index contributed by atoms with van der Waals surface area (Å²) in [5.41, 5.74) is 2.63. The van der Waals surface area contributed by atoms with E-state index >= 15 is 0 Å². The van der Waals surface area contributed by atoms with Crippen LogP contribution in [0.15, 0.2) is 33.5 Å². The molecule has 0 aromatic rings. The van der Waals surface area contributed by atoms with Crippen molar-refractivity contribution in [2.75, 3.05) is 26.7 Å². The van der Waals surface area contributed by atoms with E-state index in [1.807, 2.05) is 19.3 Å². The summed E-state index contributed by atoms with van der Waals surface area (Å²) in [6.07, 6.45) is 11.4. The third-order valence-corrected chi connectivity index (χ3v) is 6.28. The van der Waals surface area contributed by atoms with Crippen LogP contribution < -0.4 is 0 Å². The molecule has 0 aromatic heterocycles. The van der Waals surface area contributed by atoms with Crippen molar-refractivity contribution < 1.29 is 5.11 Å². The quantitative estimate of drug-likeness (QED) is 0.418. The molecule has 1 heterocycles. The first-order valence-corrected chi connectivity index (χ1v) is 11.2. The minimum Gasteiger partial charge on any atom is -0.512 e. The van der Waals surface area contributed by atoms with E-state index in [-0.39, 0.29) is 10.9 Å². The highest BCUT2D eigenvalue weighted by molar-refractivity contribution is 9.10. The van der Waals surface area contributed by atoms with E-state index in [1.54, 1.807) is 0 Å². The smallest absolute Gasteiger partial charge is 0.0928 e. The first-order chi connectivity index (χ1) is 12.9. The monoisotopic (exact) mass is 437 g/mol. The minimum atomic E-state index is 0.185. The second-order valence-corrected chi connectivity index (χ2v) is 9.40. The lowest BCUT2D eigenvalue weighted by atomic mass is 9.88. The molecule has 3 unspecified atom stereocenters. The average Bonchev–Trinajstić information content (AvgIpc) is 2.61. The van der Waals surface area contributed by atoms with Crippen molar-refractivity contribution in [3.05, 3.63) is 23.5 Å². The molecule has 0 spiro atoms. The molecule has 0 saturated carbocycles. The molecule has 2 rings (SSSR count). The van der Waals surface area contributed by atoms with E-state index in [1.165, 1.54) is 24.1 Å². The molecule has 1 saturated heterocycles. The maximum absolute atomic E-state index is 9.81. The number of piperidine rings is 1. The maximum atomic E-state index is 9.81. The lowest BCUT2D eigenvalue weighted by molar-refractivity contribution is 0.218. The number of likely N-dealkylation sites (tertiary alicyclic amines) is 1. The van der Waals surface area contributed by atoms with Gasteiger partial charge in [0.25, 0.3) is 0 Å². The number of aliphatic imine (C=N–C) groups is 2. The molecule has 27 heavy (non-hydrogen) atoms. The van der Waals surface area contributed by atoms with Gasteiger partial charge in [-0.15, -0.1) is 0 Å². The Bertz CT molecular complexity index is 594. The molecule has 1 fully saturated rings. The largest absolute Gasteiger partial charge is 0.512 e. The predicted molar refractivity (Wildman–Crippen MR) is 121 cm³/mol. The highest BCUT2D eigenvalue weighted by Crippen LogP contribution is 2.25. The zero-order valence-electron chi connectivity index (χ0n) is 17.4. The van der Waals surface area contributed by atoms with Gasteiger partial charge in [0.2, 0.25) is 0 Å². The first-order valence-electron chi connectivity index (χ1n) is 10.3. The van der Waals surface area contributed by atoms with Crippen LogP contribution in [0.2, 0.25) is 0 Å². The second-order valence-electron chi connectivity index (χ2n) is 8.34. The fraction of sp³-hybridized carbons (Fsp3) is 0.727. The maximum Gasteiger partial charge on any atom is 0.0928 e. The number of hydrogen-bond acceptors (Lipinski definition) is 4. The van der Waals surface area contributed by atoms with Crippen LogP contribution in [0.5, 0.6) is 0 Å². The summed E-state index contributed by atoms with van der Waals surface area (Å²) in [6.45, 7) is 9.87. The van der Waals surface area contributed by atoms with Crippen molar-refractivity contribution in [3.8, 4) is 0 Å². The molecule has 1 N–H and O–H groups in total. The molecule has 1 aliphatic carbocycles. The van der Waals surface area contributed by atoms with Crippen molar-refractivity contribution in [1.29, 1.82) is 0 Å². The molecule has 1 aliphatic heterocycles. The summed E-state index contributed by atoms with van der Waals surface area (Å²) in [6, 6.07) is 0.193. The van der Waals surface area contributed by atoms with Gasteiger partial charge in [-0.3, -0.25) is 14.9 Å². The van der Waals surface area contributed by atoms with Gasteiger partial charge >= 0.3 is 0 Å². The minimum absolute atomic E-state index is 0.185. The normalized spacial score (nSPS) is 24.8. The zero-order valence-corrected chi connectivity index (χ0v) is 19.0. The van der Waals surface area contributed by atoms with Crippen LogP contribution in [-0.2, 0) is 0 Å². The molecule has 0 bridgehead atoms. The van der Waals surface area contributed by atoms with Crippen LogP contribution in [0, 0.1) is 11.8 Å². The lowest BCUT2D eigenvalue weighted by Crippen LogP contribution is -2.40. The number of aliphatic hydroxyl groups is 1. The van der Waals surface area contributed by atoms with Gasteiger partial charge in [0.1, 0.15) is 0 Å². The second kappa shape index (κ2) is 11.2. The Hall–Kier alpha value is -0.940. The Morgan fingerprint density at radius 1 is 1.41 bits per heavy atom. The van der Waals surface area contributed by atoms with Gasteiger partial charge in [0.05, 0.1) is 16.6 Å². The summed E-state index contributed by atoms with van der Waals surface area (Å²) in [5.74, 6) is 1.67. The van der Waals surface area contributed by atoms with Crippen LogP contribution in [-0.4, -0.2) is 59.5 Å². The van der Waals surface area contributed by atoms with E-state index in [9.17, 15) is 5.11 Å². The van der Waals surface area contributed by atoms with E-state index in [4.69, 9.17) is 4.99 Å². The number of hydrogen-bond donors (Lipinski definition) is 1. The molecule has 152 valence electrons. The van der Waals surface area contributed by atoms with Gasteiger partial charge in [0, 0.05) is 44.4 Å². The van der Waals surface area contributed by atoms with Gasteiger partial charge in [-0.05, 0) is 56.7 Å². The van der Waals surface area contributed by atoms with Gasteiger partial charge < -0.3 is 5.11 Å². The molecule has 2 aliphatic rings. The standard InChI is InChI=1S/C22H36BrN3O/c1-16(2)11-22(25-17(3)21(23)13-24-4)19-8-6-10-26(15-19)14-18-7-5-9-20(27)12-18/h7,12-13,16-17,19,21,27H,5-6,8-11,14-15H2,1-4H3/b24-13-,25-22+. The molecule has 0 aromatic carbocycles. The number of nitrogens with zero attached hydrogens (tertiary/aromatic N) is 3. The van der Waals surface area contributed by atoms with Crippen molar-refractivity contribution in [2.24, 2.45) is 21.8 Å². The number of rotatable bonds is 8. The molecule has 0 amide bonds. The topological polar surface area (TPSA) is 48.2 Å². The lowest BCUT2D eigenvalue weighted by Gasteiger charge is -2.35. The number of alkyl halides is 1. The number of halogens is 1. The summed E-state index contributed by atoms with van der Waals surface area (Å²) in [4.78, 5) is 12.0. The first kappa shape index (κ1) is 22.4. The Morgan fingerprint density at radius 3 is 2.85 bits per heavy atom. The number of aliphatic hydroxyl groups excluding tert-OH is 1. The van der Waals surface area contributed by atoms with E-state index in [0.717, 1.165) is 38.9 Å². The fourth-order valence-electron chi connectivity index (χ4n) is 3.93. The van der Waals surface area contributed by atoms with Crippen LogP contribution >= 0.6 is 15.9 Å². The Labute approximate surface area is 173 Å². The van der Waals surface area contributed by atoms with Gasteiger partial charge in [-0.1, -0.05) is 35.9 Å². The van der Waals surface area contributed by atoms with Gasteiger partial charge in [-0.25, -0.2) is 0 Å². The Balaban J connectivity index is 2.07. The SMILES string of the molecule is C/N=C\C(Br)C(C)/N=C(\CC(C)C)C1CCCN(CC2=CCCC(O)=C2)C1. The van der Waals surface area contributed by atoms with E-state index in [0.29, 0.717) is 17.6 Å². The van der Waals surface area contributed by atoms with Gasteiger partial charge in [0.15, 0.2) is 0 Å².